The minimum Gasteiger partial charge on any atom is -0.385 e. The molecule has 3 nitrogen and oxygen atoms in total. The van der Waals surface area contributed by atoms with Gasteiger partial charge in [0.05, 0.1) is 5.52 Å². The third kappa shape index (κ3) is 1.82. The van der Waals surface area contributed by atoms with Gasteiger partial charge in [0, 0.05) is 17.1 Å². The first kappa shape index (κ1) is 10.8. The Bertz CT molecular complexity index is 517. The second-order valence-electron chi connectivity index (χ2n) is 3.66. The maximum atomic E-state index is 11.9. The molecule has 1 aromatic heterocycles. The van der Waals surface area contributed by atoms with Crippen molar-refractivity contribution in [3.8, 4) is 0 Å². The number of fused-ring (bicyclic) bond motifs is 1. The average molecular weight is 215 g/mol. The fourth-order valence-electron chi connectivity index (χ4n) is 1.68. The summed E-state index contributed by atoms with van der Waals surface area (Å²) in [7, 11) is 0. The summed E-state index contributed by atoms with van der Waals surface area (Å²) in [6, 6.07) is 9.00. The lowest BCUT2D eigenvalue weighted by atomic mass is 10.00. The number of benzene rings is 1. The molecule has 0 fully saturated rings. The van der Waals surface area contributed by atoms with E-state index in [2.05, 4.69) is 4.98 Å². The van der Waals surface area contributed by atoms with Crippen molar-refractivity contribution in [2.24, 2.45) is 0 Å². The lowest BCUT2D eigenvalue weighted by molar-refractivity contribution is 0.0742. The Labute approximate surface area is 93.7 Å². The number of pyridine rings is 1. The maximum absolute atomic E-state index is 11.9. The Morgan fingerprint density at radius 3 is 2.94 bits per heavy atom. The second kappa shape index (κ2) is 4.41. The van der Waals surface area contributed by atoms with Crippen LogP contribution in [0.3, 0.4) is 0 Å². The Hall–Kier alpha value is -1.74. The molecule has 1 aromatic carbocycles. The number of aromatic nitrogens is 1. The van der Waals surface area contributed by atoms with Crippen molar-refractivity contribution in [3.63, 3.8) is 0 Å². The van der Waals surface area contributed by atoms with Crippen LogP contribution < -0.4 is 0 Å². The number of aliphatic hydroxyl groups excluding tert-OH is 1. The summed E-state index contributed by atoms with van der Waals surface area (Å²) in [5.41, 5.74) is 1.32. The van der Waals surface area contributed by atoms with Crippen LogP contribution in [0.1, 0.15) is 23.7 Å². The van der Waals surface area contributed by atoms with Crippen molar-refractivity contribution < 1.29 is 9.90 Å². The molecule has 0 saturated heterocycles. The first-order valence-corrected chi connectivity index (χ1v) is 5.30. The lowest BCUT2D eigenvalue weighted by Crippen LogP contribution is -2.19. The summed E-state index contributed by atoms with van der Waals surface area (Å²) in [5, 5.41) is 10.4. The van der Waals surface area contributed by atoms with Gasteiger partial charge in [-0.05, 0) is 18.6 Å². The quantitative estimate of drug-likeness (QED) is 0.798. The molecular weight excluding hydrogens is 202 g/mol. The molecule has 0 aliphatic heterocycles. The summed E-state index contributed by atoms with van der Waals surface area (Å²) in [6.07, 6.45) is 1.19. The van der Waals surface area contributed by atoms with Crippen LogP contribution in [0.2, 0.25) is 0 Å². The fraction of sp³-hybridized carbons (Fsp3) is 0.231. The molecule has 0 aliphatic carbocycles. The van der Waals surface area contributed by atoms with Gasteiger partial charge in [-0.3, -0.25) is 9.78 Å². The topological polar surface area (TPSA) is 50.2 Å². The van der Waals surface area contributed by atoms with E-state index in [1.54, 1.807) is 31.3 Å². The molecule has 0 bridgehead atoms. The molecule has 2 rings (SSSR count). The fourth-order valence-corrected chi connectivity index (χ4v) is 1.68. The minimum absolute atomic E-state index is 0.235. The second-order valence-corrected chi connectivity index (χ2v) is 3.66. The Morgan fingerprint density at radius 1 is 1.38 bits per heavy atom. The number of hydrogen-bond acceptors (Lipinski definition) is 3. The number of Topliss-reactive ketones (excluding diaryl/α,β-unsaturated/α-hetero) is 1. The smallest absolute Gasteiger partial charge is 0.191 e. The van der Waals surface area contributed by atoms with Crippen LogP contribution in [0.5, 0.6) is 0 Å². The summed E-state index contributed by atoms with van der Waals surface area (Å²) in [4.78, 5) is 16.1. The Kier molecular flexibility index (Phi) is 2.97. The van der Waals surface area contributed by atoms with Crippen molar-refractivity contribution >= 4 is 16.7 Å². The van der Waals surface area contributed by atoms with Gasteiger partial charge in [0.25, 0.3) is 0 Å². The number of nitrogens with zero attached hydrogens (tertiary/aromatic N) is 1. The minimum atomic E-state index is -0.925. The van der Waals surface area contributed by atoms with Crippen LogP contribution in [0, 0.1) is 0 Å². The zero-order chi connectivity index (χ0) is 11.5. The normalized spacial score (nSPS) is 12.6. The Morgan fingerprint density at radius 2 is 2.19 bits per heavy atom. The Balaban J connectivity index is 2.56. The third-order valence-corrected chi connectivity index (χ3v) is 2.60. The van der Waals surface area contributed by atoms with E-state index in [0.29, 0.717) is 12.0 Å². The average Bonchev–Trinajstić information content (AvgIpc) is 2.36. The predicted molar refractivity (Wildman–Crippen MR) is 62.4 cm³/mol. The van der Waals surface area contributed by atoms with Crippen LogP contribution in [0.4, 0.5) is 0 Å². The number of carbonyl (C=O) groups is 1. The largest absolute Gasteiger partial charge is 0.385 e. The van der Waals surface area contributed by atoms with Crippen LogP contribution in [0.15, 0.2) is 36.5 Å². The molecule has 0 spiro atoms. The van der Waals surface area contributed by atoms with Gasteiger partial charge < -0.3 is 5.11 Å². The monoisotopic (exact) mass is 215 g/mol. The van der Waals surface area contributed by atoms with E-state index in [1.807, 2.05) is 12.1 Å². The first-order valence-electron chi connectivity index (χ1n) is 5.30. The van der Waals surface area contributed by atoms with Gasteiger partial charge in [-0.2, -0.15) is 0 Å². The summed E-state index contributed by atoms with van der Waals surface area (Å²) in [6.45, 7) is 1.78. The third-order valence-electron chi connectivity index (χ3n) is 2.60. The number of ketones is 1. The summed E-state index contributed by atoms with van der Waals surface area (Å²) >= 11 is 0. The number of carbonyl (C=O) groups excluding carboxylic acids is 1. The van der Waals surface area contributed by atoms with Crippen molar-refractivity contribution in [2.45, 2.75) is 19.4 Å². The highest BCUT2D eigenvalue weighted by atomic mass is 16.3. The van der Waals surface area contributed by atoms with Gasteiger partial charge >= 0.3 is 0 Å². The molecule has 0 amide bonds. The van der Waals surface area contributed by atoms with E-state index in [1.165, 1.54) is 0 Å². The highest BCUT2D eigenvalue weighted by Gasteiger charge is 2.17. The van der Waals surface area contributed by atoms with Crippen molar-refractivity contribution in [3.05, 3.63) is 42.1 Å². The van der Waals surface area contributed by atoms with Crippen molar-refractivity contribution in [1.29, 1.82) is 0 Å². The van der Waals surface area contributed by atoms with Crippen molar-refractivity contribution in [1.82, 2.24) is 4.98 Å². The number of rotatable bonds is 3. The van der Waals surface area contributed by atoms with Gasteiger partial charge in [0.1, 0.15) is 6.10 Å². The predicted octanol–water partition coefficient (Wildman–Crippen LogP) is 2.19. The molecule has 0 saturated carbocycles. The molecule has 0 radical (unpaired) electrons. The molecule has 1 heterocycles. The van der Waals surface area contributed by atoms with E-state index < -0.39 is 6.10 Å². The van der Waals surface area contributed by atoms with E-state index in [4.69, 9.17) is 0 Å². The molecule has 1 unspecified atom stereocenters. The summed E-state index contributed by atoms with van der Waals surface area (Å²) < 4.78 is 0. The van der Waals surface area contributed by atoms with Crippen LogP contribution >= 0.6 is 0 Å². The van der Waals surface area contributed by atoms with Crippen LogP contribution in [0.25, 0.3) is 10.9 Å². The molecule has 0 aliphatic rings. The zero-order valence-corrected chi connectivity index (χ0v) is 9.05. The summed E-state index contributed by atoms with van der Waals surface area (Å²) in [5.74, 6) is -0.235. The lowest BCUT2D eigenvalue weighted by Gasteiger charge is -2.08. The van der Waals surface area contributed by atoms with Crippen LogP contribution in [-0.2, 0) is 0 Å². The highest BCUT2D eigenvalue weighted by Crippen LogP contribution is 2.18. The molecule has 16 heavy (non-hydrogen) atoms. The zero-order valence-electron chi connectivity index (χ0n) is 9.05. The number of aliphatic hydroxyl groups is 1. The van der Waals surface area contributed by atoms with Gasteiger partial charge in [0.2, 0.25) is 0 Å². The SMILES string of the molecule is CCC(O)C(=O)c1cccc2ncccc12. The maximum Gasteiger partial charge on any atom is 0.191 e. The van der Waals surface area contributed by atoms with E-state index in [0.717, 1.165) is 10.9 Å². The van der Waals surface area contributed by atoms with Gasteiger partial charge in [-0.1, -0.05) is 25.1 Å². The van der Waals surface area contributed by atoms with Crippen molar-refractivity contribution in [2.75, 3.05) is 0 Å². The molecule has 2 aromatic rings. The first-order chi connectivity index (χ1) is 7.74. The molecule has 3 heteroatoms. The molecule has 1 atom stereocenters. The molecular formula is C13H13NO2. The van der Waals surface area contributed by atoms with E-state index in [9.17, 15) is 9.90 Å². The van der Waals surface area contributed by atoms with Gasteiger partial charge in [0.15, 0.2) is 5.78 Å². The molecule has 1 N–H and O–H groups in total. The van der Waals surface area contributed by atoms with E-state index in [-0.39, 0.29) is 5.78 Å². The standard InChI is InChI=1S/C13H13NO2/c1-2-12(15)13(16)10-5-3-7-11-9(10)6-4-8-14-11/h3-8,12,15H,2H2,1H3. The van der Waals surface area contributed by atoms with E-state index >= 15 is 0 Å². The van der Waals surface area contributed by atoms with Gasteiger partial charge in [-0.25, -0.2) is 0 Å². The molecule has 82 valence electrons. The van der Waals surface area contributed by atoms with Gasteiger partial charge in [-0.15, -0.1) is 0 Å². The highest BCUT2D eigenvalue weighted by molar-refractivity contribution is 6.09. The van der Waals surface area contributed by atoms with Crippen LogP contribution in [-0.4, -0.2) is 22.0 Å². The number of hydrogen-bond donors (Lipinski definition) is 1.